The molecule has 0 spiro atoms. The molecule has 0 N–H and O–H groups in total. The molecule has 0 unspecified atom stereocenters. The predicted molar refractivity (Wildman–Crippen MR) is 156 cm³/mol. The zero-order valence-corrected chi connectivity index (χ0v) is 26.5. The van der Waals surface area contributed by atoms with Gasteiger partial charge in [0.2, 0.25) is 0 Å². The Morgan fingerprint density at radius 3 is 1.93 bits per heavy atom. The second-order valence-electron chi connectivity index (χ2n) is 10.2. The quantitative estimate of drug-likeness (QED) is 0.187. The highest BCUT2D eigenvalue weighted by Crippen LogP contribution is 2.39. The summed E-state index contributed by atoms with van der Waals surface area (Å²) in [7, 11) is -3.52. The topological polar surface area (TPSA) is 158 Å². The lowest BCUT2D eigenvalue weighted by Gasteiger charge is -2.44. The third-order valence-corrected chi connectivity index (χ3v) is 7.46. The number of hydrogen-bond donors (Lipinski definition) is 0. The van der Waals surface area contributed by atoms with Crippen molar-refractivity contribution in [1.29, 1.82) is 0 Å². The molecule has 1 fully saturated rings. The van der Waals surface area contributed by atoms with E-state index in [1.54, 1.807) is 18.2 Å². The molecule has 1 aliphatic rings. The minimum atomic E-state index is -3.52. The van der Waals surface area contributed by atoms with Crippen molar-refractivity contribution in [2.45, 2.75) is 71.1 Å². The Labute approximate surface area is 261 Å². The van der Waals surface area contributed by atoms with E-state index in [-0.39, 0.29) is 13.2 Å². The molecule has 2 aromatic rings. The summed E-state index contributed by atoms with van der Waals surface area (Å²) < 4.78 is 55.2. The Morgan fingerprint density at radius 1 is 0.795 bits per heavy atom. The van der Waals surface area contributed by atoms with Crippen LogP contribution in [0, 0.1) is 0 Å². The molecule has 240 valence electrons. The summed E-state index contributed by atoms with van der Waals surface area (Å²) in [5.41, 5.74) is 3.00. The van der Waals surface area contributed by atoms with Gasteiger partial charge in [-0.05, 0) is 41.2 Å². The number of carbonyl (C=O) groups excluding carboxylic acids is 4. The van der Waals surface area contributed by atoms with Crippen molar-refractivity contribution < 1.29 is 55.5 Å². The maximum atomic E-state index is 12.2. The third kappa shape index (κ3) is 10.6. The number of halogens is 1. The van der Waals surface area contributed by atoms with Crippen LogP contribution in [0.5, 0.6) is 0 Å². The largest absolute Gasteiger partial charge is 0.463 e. The van der Waals surface area contributed by atoms with Gasteiger partial charge >= 0.3 is 23.9 Å². The van der Waals surface area contributed by atoms with Crippen LogP contribution in [0.15, 0.2) is 42.5 Å². The predicted octanol–water partition coefficient (Wildman–Crippen LogP) is 3.25. The zero-order chi connectivity index (χ0) is 32.6. The van der Waals surface area contributed by atoms with Crippen molar-refractivity contribution in [2.75, 3.05) is 19.5 Å². The highest BCUT2D eigenvalue weighted by atomic mass is 35.5. The van der Waals surface area contributed by atoms with Gasteiger partial charge in [-0.15, -0.1) is 0 Å². The Morgan fingerprint density at radius 2 is 1.36 bits per heavy atom. The average Bonchev–Trinajstić information content (AvgIpc) is 2.90. The van der Waals surface area contributed by atoms with Gasteiger partial charge in [-0.1, -0.05) is 48.0 Å². The lowest BCUT2D eigenvalue weighted by molar-refractivity contribution is -0.254. The molecule has 3 rings (SSSR count). The van der Waals surface area contributed by atoms with Gasteiger partial charge in [0.25, 0.3) is 10.1 Å². The molecule has 14 heteroatoms. The summed E-state index contributed by atoms with van der Waals surface area (Å²) in [5.74, 6) is -2.75. The normalized spacial score (nSPS) is 21.6. The molecule has 5 atom stereocenters. The van der Waals surface area contributed by atoms with Crippen LogP contribution in [0.25, 0.3) is 0 Å². The van der Waals surface area contributed by atoms with E-state index < -0.39 is 64.5 Å². The van der Waals surface area contributed by atoms with Crippen molar-refractivity contribution in [3.8, 4) is 0 Å². The van der Waals surface area contributed by atoms with Crippen LogP contribution in [0.4, 0.5) is 0 Å². The second kappa shape index (κ2) is 15.5. The van der Waals surface area contributed by atoms with Gasteiger partial charge < -0.3 is 23.7 Å². The number of hydrogen-bond acceptors (Lipinski definition) is 12. The van der Waals surface area contributed by atoms with Crippen molar-refractivity contribution in [3.63, 3.8) is 0 Å². The Kier molecular flexibility index (Phi) is 12.3. The first-order valence-corrected chi connectivity index (χ1v) is 15.8. The van der Waals surface area contributed by atoms with E-state index in [0.29, 0.717) is 29.0 Å². The number of rotatable bonds is 12. The van der Waals surface area contributed by atoms with Crippen LogP contribution in [-0.2, 0) is 70.0 Å². The fourth-order valence-electron chi connectivity index (χ4n) is 4.76. The van der Waals surface area contributed by atoms with E-state index in [2.05, 4.69) is 0 Å². The molecule has 0 amide bonds. The van der Waals surface area contributed by atoms with Crippen LogP contribution < -0.4 is 0 Å². The van der Waals surface area contributed by atoms with Crippen LogP contribution >= 0.6 is 11.6 Å². The molecule has 12 nitrogen and oxygen atoms in total. The van der Waals surface area contributed by atoms with E-state index >= 15 is 0 Å². The summed E-state index contributed by atoms with van der Waals surface area (Å²) in [5, 5.41) is 0.449. The first kappa shape index (κ1) is 35.0. The molecule has 1 aliphatic heterocycles. The summed E-state index contributed by atoms with van der Waals surface area (Å²) in [6.07, 6.45) is -4.11. The minimum absolute atomic E-state index is 0.0298. The van der Waals surface area contributed by atoms with E-state index in [4.69, 9.17) is 39.5 Å². The highest BCUT2D eigenvalue weighted by Gasteiger charge is 2.52. The van der Waals surface area contributed by atoms with Gasteiger partial charge in [-0.2, -0.15) is 8.42 Å². The summed E-state index contributed by atoms with van der Waals surface area (Å²) in [6.45, 7) is 4.39. The Bertz CT molecular complexity index is 1460. The second-order valence-corrected chi connectivity index (χ2v) is 12.3. The van der Waals surface area contributed by atoms with Gasteiger partial charge in [0, 0.05) is 32.7 Å². The van der Waals surface area contributed by atoms with Gasteiger partial charge in [-0.25, -0.2) is 0 Å². The lowest BCUT2D eigenvalue weighted by Crippen LogP contribution is -2.59. The molecule has 44 heavy (non-hydrogen) atoms. The molecule has 1 saturated heterocycles. The molecule has 0 aliphatic carbocycles. The van der Waals surface area contributed by atoms with Crippen LogP contribution in [0.1, 0.15) is 56.1 Å². The van der Waals surface area contributed by atoms with Gasteiger partial charge in [0.05, 0.1) is 12.9 Å². The number of benzene rings is 2. The standard InChI is InChI=1S/C30H35ClO12S/c1-17(32)38-16-26-28(40-18(2)33)30(42-20(4)35)29(41-19(3)34)27(43-26)23-10-11-25(31)24(15-23)14-22-8-6-21(7-9-22)12-13-39-44(5,36)37/h6-11,15,26-30H,12-14,16H2,1-5H3/t26-,27+,28-,29+,30+/m1/s1. The van der Waals surface area contributed by atoms with Gasteiger partial charge in [-0.3, -0.25) is 23.4 Å². The van der Waals surface area contributed by atoms with Crippen molar-refractivity contribution >= 4 is 45.6 Å². The van der Waals surface area contributed by atoms with E-state index in [1.807, 2.05) is 24.3 Å². The molecule has 2 aromatic carbocycles. The fourth-order valence-corrected chi connectivity index (χ4v) is 5.33. The lowest BCUT2D eigenvalue weighted by atomic mass is 9.89. The fraction of sp³-hybridized carbons (Fsp3) is 0.467. The average molecular weight is 655 g/mol. The maximum absolute atomic E-state index is 12.2. The Balaban J connectivity index is 1.95. The molecule has 0 aromatic heterocycles. The molecular weight excluding hydrogens is 620 g/mol. The monoisotopic (exact) mass is 654 g/mol. The van der Waals surface area contributed by atoms with E-state index in [1.165, 1.54) is 13.8 Å². The molecule has 1 heterocycles. The van der Waals surface area contributed by atoms with Gasteiger partial charge in [0.15, 0.2) is 18.3 Å². The number of carbonyl (C=O) groups is 4. The summed E-state index contributed by atoms with van der Waals surface area (Å²) >= 11 is 6.56. The summed E-state index contributed by atoms with van der Waals surface area (Å²) in [6, 6.07) is 12.6. The molecule has 0 saturated carbocycles. The number of ether oxygens (including phenoxy) is 5. The smallest absolute Gasteiger partial charge is 0.303 e. The number of esters is 4. The SMILES string of the molecule is CC(=O)OC[C@H]1O[C@@H](c2ccc(Cl)c(Cc3ccc(CCOS(C)(=O)=O)cc3)c2)[C@H](OC(C)=O)[C@@H](OC(C)=O)[C@@H]1OC(C)=O. The Hall–Kier alpha value is -3.52. The van der Waals surface area contributed by atoms with Crippen molar-refractivity contribution in [3.05, 3.63) is 69.7 Å². The first-order valence-electron chi connectivity index (χ1n) is 13.6. The maximum Gasteiger partial charge on any atom is 0.303 e. The molecule has 0 bridgehead atoms. The highest BCUT2D eigenvalue weighted by molar-refractivity contribution is 7.85. The van der Waals surface area contributed by atoms with Gasteiger partial charge in [0.1, 0.15) is 18.8 Å². The van der Waals surface area contributed by atoms with Crippen LogP contribution in [0.3, 0.4) is 0 Å². The zero-order valence-electron chi connectivity index (χ0n) is 24.9. The van der Waals surface area contributed by atoms with Crippen molar-refractivity contribution in [1.82, 2.24) is 0 Å². The first-order chi connectivity index (χ1) is 20.6. The molecule has 0 radical (unpaired) electrons. The van der Waals surface area contributed by atoms with Crippen molar-refractivity contribution in [2.24, 2.45) is 0 Å². The minimum Gasteiger partial charge on any atom is -0.463 e. The van der Waals surface area contributed by atoms with E-state index in [9.17, 15) is 27.6 Å². The van der Waals surface area contributed by atoms with Crippen LogP contribution in [0.2, 0.25) is 5.02 Å². The third-order valence-electron chi connectivity index (χ3n) is 6.49. The van der Waals surface area contributed by atoms with Crippen LogP contribution in [-0.4, -0.2) is 76.2 Å². The van der Waals surface area contributed by atoms with E-state index in [0.717, 1.165) is 31.2 Å². The molecular formula is C30H35ClO12S. The summed E-state index contributed by atoms with van der Waals surface area (Å²) in [4.78, 5) is 47.9.